The second kappa shape index (κ2) is 8.06. The van der Waals surface area contributed by atoms with Crippen LogP contribution in [0.4, 0.5) is 18.3 Å². The molecule has 8 nitrogen and oxygen atoms in total. The summed E-state index contributed by atoms with van der Waals surface area (Å²) in [5, 5.41) is 8.15. The van der Waals surface area contributed by atoms with E-state index in [1.54, 1.807) is 0 Å². The van der Waals surface area contributed by atoms with Crippen molar-refractivity contribution in [3.8, 4) is 5.75 Å². The van der Waals surface area contributed by atoms with Gasteiger partial charge in [0.05, 0.1) is 23.4 Å². The number of carbonyl (C=O) groups is 2. The Morgan fingerprint density at radius 3 is 2.93 bits per heavy atom. The highest BCUT2D eigenvalue weighted by Crippen LogP contribution is 2.31. The number of fused-ring (bicyclic) bond motifs is 1. The maximum Gasteiger partial charge on any atom is 0.573 e. The molecule has 2 heterocycles. The summed E-state index contributed by atoms with van der Waals surface area (Å²) in [7, 11) is 0. The molecule has 1 aliphatic heterocycles. The van der Waals surface area contributed by atoms with Crippen LogP contribution in [0.1, 0.15) is 0 Å². The number of benzene rings is 1. The molecule has 3 rings (SSSR count). The lowest BCUT2D eigenvalue weighted by atomic mass is 10.3. The average Bonchev–Trinajstić information content (AvgIpc) is 3.00. The van der Waals surface area contributed by atoms with Gasteiger partial charge in [-0.1, -0.05) is 11.3 Å². The first-order chi connectivity index (χ1) is 12.8. The molecule has 1 aromatic carbocycles. The lowest BCUT2D eigenvalue weighted by Crippen LogP contribution is -2.49. The maximum atomic E-state index is 12.3. The fraction of sp³-hybridized carbons (Fsp3) is 0.400. The predicted octanol–water partition coefficient (Wildman–Crippen LogP) is 1.24. The molecule has 2 aromatic rings. The molecule has 1 aliphatic rings. The van der Waals surface area contributed by atoms with E-state index in [4.69, 9.17) is 4.74 Å². The number of aromatic nitrogens is 1. The van der Waals surface area contributed by atoms with Gasteiger partial charge in [0, 0.05) is 19.2 Å². The van der Waals surface area contributed by atoms with Crippen molar-refractivity contribution in [2.24, 2.45) is 0 Å². The zero-order valence-electron chi connectivity index (χ0n) is 13.8. The maximum absolute atomic E-state index is 12.3. The van der Waals surface area contributed by atoms with E-state index >= 15 is 0 Å². The van der Waals surface area contributed by atoms with E-state index in [1.165, 1.54) is 12.1 Å². The summed E-state index contributed by atoms with van der Waals surface area (Å²) in [6, 6.07) is 3.68. The quantitative estimate of drug-likeness (QED) is 0.693. The van der Waals surface area contributed by atoms with Gasteiger partial charge >= 0.3 is 6.36 Å². The van der Waals surface area contributed by atoms with Crippen molar-refractivity contribution in [1.82, 2.24) is 15.6 Å². The van der Waals surface area contributed by atoms with Crippen LogP contribution in [0.15, 0.2) is 18.2 Å². The molecule has 1 fully saturated rings. The topological polar surface area (TPSA) is 102 Å². The largest absolute Gasteiger partial charge is 0.573 e. The van der Waals surface area contributed by atoms with E-state index < -0.39 is 24.3 Å². The van der Waals surface area contributed by atoms with Crippen molar-refractivity contribution in [1.29, 1.82) is 0 Å². The number of amides is 2. The Balaban J connectivity index is 1.55. The Labute approximate surface area is 155 Å². The van der Waals surface area contributed by atoms with Gasteiger partial charge < -0.3 is 25.4 Å². The molecular formula is C15H15F3N4O4S. The molecule has 0 bridgehead atoms. The first kappa shape index (κ1) is 19.3. The average molecular weight is 404 g/mol. The van der Waals surface area contributed by atoms with Crippen molar-refractivity contribution in [3.63, 3.8) is 0 Å². The van der Waals surface area contributed by atoms with Crippen molar-refractivity contribution < 1.29 is 32.2 Å². The summed E-state index contributed by atoms with van der Waals surface area (Å²) in [6.07, 6.45) is -5.44. The fourth-order valence-electron chi connectivity index (χ4n) is 2.33. The number of nitrogens with zero attached hydrogens (tertiary/aromatic N) is 1. The number of ether oxygens (including phenoxy) is 2. The molecule has 27 heavy (non-hydrogen) atoms. The zero-order chi connectivity index (χ0) is 19.4. The molecule has 3 N–H and O–H groups in total. The third-order valence-electron chi connectivity index (χ3n) is 3.48. The monoisotopic (exact) mass is 404 g/mol. The van der Waals surface area contributed by atoms with Gasteiger partial charge in [-0.25, -0.2) is 4.98 Å². The van der Waals surface area contributed by atoms with Crippen LogP contribution in [0.2, 0.25) is 0 Å². The van der Waals surface area contributed by atoms with Gasteiger partial charge in [-0.3, -0.25) is 9.59 Å². The standard InChI is InChI=1S/C15H15F3N4O4S/c16-15(17,18)26-8-1-2-9-11(5-8)27-14(21-9)22-12(23)7-20-13(24)10-6-19-3-4-25-10/h1-2,5,10,19H,3-4,6-7H2,(H,20,24)(H,21,22,23). The molecule has 0 spiro atoms. The van der Waals surface area contributed by atoms with E-state index in [-0.39, 0.29) is 17.4 Å². The number of rotatable bonds is 5. The smallest absolute Gasteiger partial charge is 0.406 e. The van der Waals surface area contributed by atoms with Crippen LogP contribution >= 0.6 is 11.3 Å². The Kier molecular flexibility index (Phi) is 5.77. The molecule has 2 amide bonds. The number of nitrogens with one attached hydrogen (secondary N) is 3. The Bertz CT molecular complexity index is 836. The number of halogens is 3. The van der Waals surface area contributed by atoms with Crippen LogP contribution in [0, 0.1) is 0 Å². The zero-order valence-corrected chi connectivity index (χ0v) is 14.6. The normalized spacial score (nSPS) is 17.5. The van der Waals surface area contributed by atoms with Gasteiger partial charge in [0.2, 0.25) is 5.91 Å². The summed E-state index contributed by atoms with van der Waals surface area (Å²) in [4.78, 5) is 27.9. The molecular weight excluding hydrogens is 389 g/mol. The van der Waals surface area contributed by atoms with E-state index in [0.717, 1.165) is 17.4 Å². The van der Waals surface area contributed by atoms with Crippen LogP contribution in [0.5, 0.6) is 5.75 Å². The van der Waals surface area contributed by atoms with Gasteiger partial charge in [-0.2, -0.15) is 0 Å². The lowest BCUT2D eigenvalue weighted by Gasteiger charge is -2.22. The highest BCUT2D eigenvalue weighted by molar-refractivity contribution is 7.22. The predicted molar refractivity (Wildman–Crippen MR) is 90.6 cm³/mol. The van der Waals surface area contributed by atoms with Crippen LogP contribution in [0.25, 0.3) is 10.2 Å². The minimum atomic E-state index is -4.79. The summed E-state index contributed by atoms with van der Waals surface area (Å²) in [5.41, 5.74) is 0.413. The summed E-state index contributed by atoms with van der Waals surface area (Å²) in [5.74, 6) is -1.29. The highest BCUT2D eigenvalue weighted by Gasteiger charge is 2.31. The fourth-order valence-corrected chi connectivity index (χ4v) is 3.24. The number of thiazole rings is 1. The highest BCUT2D eigenvalue weighted by atomic mass is 32.1. The first-order valence-electron chi connectivity index (χ1n) is 7.86. The van der Waals surface area contributed by atoms with E-state index in [9.17, 15) is 22.8 Å². The van der Waals surface area contributed by atoms with E-state index in [2.05, 4.69) is 25.7 Å². The SMILES string of the molecule is O=C(CNC(=O)C1CNCCO1)Nc1nc2ccc(OC(F)(F)F)cc2s1. The minimum absolute atomic E-state index is 0.198. The van der Waals surface area contributed by atoms with Crippen LogP contribution in [-0.4, -0.2) is 55.5 Å². The van der Waals surface area contributed by atoms with Crippen LogP contribution in [-0.2, 0) is 14.3 Å². The van der Waals surface area contributed by atoms with Gasteiger partial charge in [-0.15, -0.1) is 13.2 Å². The lowest BCUT2D eigenvalue weighted by molar-refractivity contribution is -0.274. The number of anilines is 1. The number of morpholine rings is 1. The molecule has 0 radical (unpaired) electrons. The van der Waals surface area contributed by atoms with E-state index in [0.29, 0.717) is 29.9 Å². The van der Waals surface area contributed by atoms with Gasteiger partial charge in [0.15, 0.2) is 5.13 Å². The van der Waals surface area contributed by atoms with Crippen LogP contribution < -0.4 is 20.7 Å². The third-order valence-corrected chi connectivity index (χ3v) is 4.42. The summed E-state index contributed by atoms with van der Waals surface area (Å²) < 4.78 is 46.3. The molecule has 0 saturated carbocycles. The van der Waals surface area contributed by atoms with Crippen molar-refractivity contribution in [3.05, 3.63) is 18.2 Å². The molecule has 0 aliphatic carbocycles. The second-order valence-electron chi connectivity index (χ2n) is 5.53. The Morgan fingerprint density at radius 2 is 2.22 bits per heavy atom. The Morgan fingerprint density at radius 1 is 1.41 bits per heavy atom. The number of hydrogen-bond donors (Lipinski definition) is 3. The minimum Gasteiger partial charge on any atom is -0.406 e. The third kappa shape index (κ3) is 5.52. The molecule has 1 aromatic heterocycles. The molecule has 1 unspecified atom stereocenters. The van der Waals surface area contributed by atoms with Gasteiger partial charge in [0.1, 0.15) is 11.9 Å². The van der Waals surface area contributed by atoms with Crippen LogP contribution in [0.3, 0.4) is 0 Å². The second-order valence-corrected chi connectivity index (χ2v) is 6.56. The Hall–Kier alpha value is -2.44. The van der Waals surface area contributed by atoms with Gasteiger partial charge in [-0.05, 0) is 12.1 Å². The van der Waals surface area contributed by atoms with Gasteiger partial charge in [0.25, 0.3) is 5.91 Å². The van der Waals surface area contributed by atoms with Crippen molar-refractivity contribution in [2.75, 3.05) is 31.6 Å². The molecule has 12 heteroatoms. The molecule has 1 atom stereocenters. The summed E-state index contributed by atoms with van der Waals surface area (Å²) in [6.45, 7) is 1.17. The van der Waals surface area contributed by atoms with Crippen molar-refractivity contribution in [2.45, 2.75) is 12.5 Å². The van der Waals surface area contributed by atoms with E-state index in [1.807, 2.05) is 0 Å². The summed E-state index contributed by atoms with van der Waals surface area (Å²) >= 11 is 0.990. The number of alkyl halides is 3. The first-order valence-corrected chi connectivity index (χ1v) is 8.68. The van der Waals surface area contributed by atoms with Crippen molar-refractivity contribution >= 4 is 38.5 Å². The molecule has 146 valence electrons. The number of hydrogen-bond acceptors (Lipinski definition) is 7. The number of carbonyl (C=O) groups excluding carboxylic acids is 2. The molecule has 1 saturated heterocycles.